The number of piperazine rings is 1. The minimum atomic E-state index is 0.0549. The summed E-state index contributed by atoms with van der Waals surface area (Å²) in [6.07, 6.45) is 1.90. The van der Waals surface area contributed by atoms with Crippen molar-refractivity contribution in [1.29, 1.82) is 0 Å². The van der Waals surface area contributed by atoms with Gasteiger partial charge in [-0.3, -0.25) is 4.90 Å². The average molecular weight is 262 g/mol. The van der Waals surface area contributed by atoms with Crippen molar-refractivity contribution in [2.45, 2.75) is 39.3 Å². The number of aromatic nitrogens is 1. The molecule has 0 spiro atoms. The van der Waals surface area contributed by atoms with E-state index >= 15 is 0 Å². The Balaban J connectivity index is 1.98. The first-order valence-corrected chi connectivity index (χ1v) is 7.09. The molecule has 2 N–H and O–H groups in total. The highest BCUT2D eigenvalue weighted by Crippen LogP contribution is 2.20. The lowest BCUT2D eigenvalue weighted by Crippen LogP contribution is -2.53. The average Bonchev–Trinajstić information content (AvgIpc) is 2.38. The van der Waals surface area contributed by atoms with Gasteiger partial charge in [0.2, 0.25) is 0 Å². The van der Waals surface area contributed by atoms with E-state index in [2.05, 4.69) is 47.7 Å². The van der Waals surface area contributed by atoms with Crippen LogP contribution in [0.25, 0.3) is 0 Å². The van der Waals surface area contributed by atoms with Gasteiger partial charge in [0, 0.05) is 44.0 Å². The van der Waals surface area contributed by atoms with Crippen molar-refractivity contribution in [2.24, 2.45) is 5.73 Å². The lowest BCUT2D eigenvalue weighted by Gasteiger charge is -2.42. The second-order valence-corrected chi connectivity index (χ2v) is 6.38. The van der Waals surface area contributed by atoms with Crippen molar-refractivity contribution in [1.82, 2.24) is 9.88 Å². The minimum absolute atomic E-state index is 0.0549. The first kappa shape index (κ1) is 14.3. The summed E-state index contributed by atoms with van der Waals surface area (Å²) in [5.74, 6) is 1.07. The van der Waals surface area contributed by atoms with Gasteiger partial charge < -0.3 is 10.6 Å². The van der Waals surface area contributed by atoms with E-state index in [4.69, 9.17) is 5.73 Å². The first-order valence-electron chi connectivity index (χ1n) is 7.09. The minimum Gasteiger partial charge on any atom is -0.354 e. The van der Waals surface area contributed by atoms with E-state index in [0.29, 0.717) is 0 Å². The van der Waals surface area contributed by atoms with E-state index in [9.17, 15) is 0 Å². The van der Waals surface area contributed by atoms with E-state index < -0.39 is 0 Å². The molecule has 1 fully saturated rings. The van der Waals surface area contributed by atoms with Crippen molar-refractivity contribution in [3.05, 3.63) is 23.9 Å². The normalized spacial score (nSPS) is 19.5. The van der Waals surface area contributed by atoms with Crippen molar-refractivity contribution in [3.63, 3.8) is 0 Å². The molecule has 19 heavy (non-hydrogen) atoms. The van der Waals surface area contributed by atoms with E-state index in [1.54, 1.807) is 0 Å². The van der Waals surface area contributed by atoms with Gasteiger partial charge in [0.1, 0.15) is 5.82 Å². The number of hydrogen-bond acceptors (Lipinski definition) is 4. The molecule has 0 aliphatic carbocycles. The third-order valence-corrected chi connectivity index (χ3v) is 3.85. The smallest absolute Gasteiger partial charge is 0.128 e. The van der Waals surface area contributed by atoms with Crippen molar-refractivity contribution < 1.29 is 0 Å². The van der Waals surface area contributed by atoms with Crippen molar-refractivity contribution in [2.75, 3.05) is 31.1 Å². The zero-order valence-electron chi connectivity index (χ0n) is 12.6. The maximum atomic E-state index is 5.85. The Morgan fingerprint density at radius 3 is 2.21 bits per heavy atom. The second-order valence-electron chi connectivity index (χ2n) is 6.38. The van der Waals surface area contributed by atoms with Gasteiger partial charge in [-0.1, -0.05) is 6.07 Å². The Labute approximate surface area is 116 Å². The van der Waals surface area contributed by atoms with Crippen LogP contribution < -0.4 is 10.6 Å². The summed E-state index contributed by atoms with van der Waals surface area (Å²) >= 11 is 0. The fourth-order valence-corrected chi connectivity index (χ4v) is 2.46. The third kappa shape index (κ3) is 3.45. The van der Waals surface area contributed by atoms with E-state index in [-0.39, 0.29) is 11.6 Å². The Hall–Kier alpha value is -1.13. The van der Waals surface area contributed by atoms with Crippen LogP contribution in [0.4, 0.5) is 5.82 Å². The molecule has 4 heteroatoms. The molecule has 1 aliphatic heterocycles. The lowest BCUT2D eigenvalue weighted by atomic mass is 10.0. The van der Waals surface area contributed by atoms with Crippen molar-refractivity contribution >= 4 is 5.82 Å². The van der Waals surface area contributed by atoms with Crippen LogP contribution in [0.2, 0.25) is 0 Å². The summed E-state index contributed by atoms with van der Waals surface area (Å²) in [7, 11) is 0. The summed E-state index contributed by atoms with van der Waals surface area (Å²) in [6.45, 7) is 13.1. The molecule has 1 aromatic heterocycles. The number of pyridine rings is 1. The van der Waals surface area contributed by atoms with E-state index in [0.717, 1.165) is 37.6 Å². The molecule has 0 bridgehead atoms. The highest BCUT2D eigenvalue weighted by atomic mass is 15.3. The molecular formula is C15H26N4. The molecule has 0 unspecified atom stereocenters. The second kappa shape index (κ2) is 5.47. The first-order chi connectivity index (χ1) is 8.88. The molecular weight excluding hydrogens is 236 g/mol. The van der Waals surface area contributed by atoms with Crippen LogP contribution in [0.5, 0.6) is 0 Å². The maximum absolute atomic E-state index is 5.85. The fourth-order valence-electron chi connectivity index (χ4n) is 2.46. The maximum Gasteiger partial charge on any atom is 0.128 e. The lowest BCUT2D eigenvalue weighted by molar-refractivity contribution is 0.128. The third-order valence-electron chi connectivity index (χ3n) is 3.85. The molecule has 1 aromatic rings. The SMILES string of the molecule is C[C@H](N)c1ccc(N2CCN(C(C)(C)C)CC2)nc1. The van der Waals surface area contributed by atoms with Gasteiger partial charge in [-0.15, -0.1) is 0 Å². The molecule has 1 saturated heterocycles. The molecule has 0 aromatic carbocycles. The molecule has 0 saturated carbocycles. The number of hydrogen-bond donors (Lipinski definition) is 1. The zero-order chi connectivity index (χ0) is 14.0. The molecule has 106 valence electrons. The predicted octanol–water partition coefficient (Wildman–Crippen LogP) is 2.02. The Bertz CT molecular complexity index is 397. The quantitative estimate of drug-likeness (QED) is 0.885. The predicted molar refractivity (Wildman–Crippen MR) is 80.4 cm³/mol. The summed E-state index contributed by atoms with van der Waals surface area (Å²) in [6, 6.07) is 4.23. The van der Waals surface area contributed by atoms with E-state index in [1.165, 1.54) is 0 Å². The van der Waals surface area contributed by atoms with E-state index in [1.807, 2.05) is 13.1 Å². The molecule has 2 heterocycles. The fraction of sp³-hybridized carbons (Fsp3) is 0.667. The van der Waals surface area contributed by atoms with Gasteiger partial charge in [0.25, 0.3) is 0 Å². The number of anilines is 1. The van der Waals surface area contributed by atoms with Crippen LogP contribution >= 0.6 is 0 Å². The molecule has 0 amide bonds. The summed E-state index contributed by atoms with van der Waals surface area (Å²) in [5, 5.41) is 0. The van der Waals surface area contributed by atoms with Gasteiger partial charge in [-0.05, 0) is 39.3 Å². The summed E-state index contributed by atoms with van der Waals surface area (Å²) in [4.78, 5) is 9.42. The Morgan fingerprint density at radius 1 is 1.16 bits per heavy atom. The Morgan fingerprint density at radius 2 is 1.79 bits per heavy atom. The molecule has 1 aliphatic rings. The van der Waals surface area contributed by atoms with Gasteiger partial charge >= 0.3 is 0 Å². The van der Waals surface area contributed by atoms with Crippen LogP contribution in [-0.4, -0.2) is 41.6 Å². The largest absolute Gasteiger partial charge is 0.354 e. The topological polar surface area (TPSA) is 45.4 Å². The van der Waals surface area contributed by atoms with Crippen LogP contribution in [0.3, 0.4) is 0 Å². The molecule has 2 rings (SSSR count). The van der Waals surface area contributed by atoms with Crippen LogP contribution in [0.15, 0.2) is 18.3 Å². The van der Waals surface area contributed by atoms with Gasteiger partial charge in [0.05, 0.1) is 0 Å². The van der Waals surface area contributed by atoms with Crippen LogP contribution in [0.1, 0.15) is 39.3 Å². The van der Waals surface area contributed by atoms with Crippen molar-refractivity contribution in [3.8, 4) is 0 Å². The molecule has 0 radical (unpaired) electrons. The van der Waals surface area contributed by atoms with Crippen LogP contribution in [0, 0.1) is 0 Å². The number of nitrogens with zero attached hydrogens (tertiary/aromatic N) is 3. The zero-order valence-corrected chi connectivity index (χ0v) is 12.6. The Kier molecular flexibility index (Phi) is 4.11. The number of rotatable bonds is 2. The van der Waals surface area contributed by atoms with Gasteiger partial charge in [0.15, 0.2) is 0 Å². The summed E-state index contributed by atoms with van der Waals surface area (Å²) in [5.41, 5.74) is 7.20. The molecule has 1 atom stereocenters. The van der Waals surface area contributed by atoms with Crippen LogP contribution in [-0.2, 0) is 0 Å². The highest BCUT2D eigenvalue weighted by molar-refractivity contribution is 5.40. The monoisotopic (exact) mass is 262 g/mol. The highest BCUT2D eigenvalue weighted by Gasteiger charge is 2.26. The van der Waals surface area contributed by atoms with Gasteiger partial charge in [-0.2, -0.15) is 0 Å². The summed E-state index contributed by atoms with van der Waals surface area (Å²) < 4.78 is 0. The standard InChI is InChI=1S/C15H26N4/c1-12(16)13-5-6-14(17-11-13)18-7-9-19(10-8-18)15(2,3)4/h5-6,11-12H,7-10,16H2,1-4H3/t12-/m0/s1. The number of nitrogens with two attached hydrogens (primary N) is 1. The van der Waals surface area contributed by atoms with Gasteiger partial charge in [-0.25, -0.2) is 4.98 Å². The molecule has 4 nitrogen and oxygen atoms in total.